The fourth-order valence-corrected chi connectivity index (χ4v) is 2.00. The predicted molar refractivity (Wildman–Crippen MR) is 81.4 cm³/mol. The Bertz CT molecular complexity index is 811. The van der Waals surface area contributed by atoms with Crippen molar-refractivity contribution in [3.63, 3.8) is 0 Å². The van der Waals surface area contributed by atoms with Gasteiger partial charge in [0.05, 0.1) is 16.1 Å². The maximum absolute atomic E-state index is 12.3. The van der Waals surface area contributed by atoms with Crippen molar-refractivity contribution in [2.45, 2.75) is 0 Å². The van der Waals surface area contributed by atoms with Gasteiger partial charge in [-0.25, -0.2) is 9.59 Å². The molecule has 0 aromatic heterocycles. The van der Waals surface area contributed by atoms with Crippen LogP contribution < -0.4 is 5.32 Å². The van der Waals surface area contributed by atoms with Gasteiger partial charge >= 0.3 is 11.9 Å². The van der Waals surface area contributed by atoms with Crippen LogP contribution in [0, 0.1) is 10.1 Å². The number of hydrogen-bond acceptors (Lipinski definition) is 5. The maximum atomic E-state index is 12.3. The highest BCUT2D eigenvalue weighted by molar-refractivity contribution is 6.13. The number of aromatic carboxylic acids is 2. The molecule has 3 N–H and O–H groups in total. The van der Waals surface area contributed by atoms with Gasteiger partial charge in [-0.3, -0.25) is 14.9 Å². The number of anilines is 1. The van der Waals surface area contributed by atoms with Crippen molar-refractivity contribution in [1.82, 2.24) is 0 Å². The molecule has 1 amide bonds. The molecule has 0 bridgehead atoms. The van der Waals surface area contributed by atoms with E-state index in [1.807, 2.05) is 0 Å². The lowest BCUT2D eigenvalue weighted by atomic mass is 10.0. The molecule has 0 aliphatic heterocycles. The minimum atomic E-state index is -1.48. The van der Waals surface area contributed by atoms with Crippen molar-refractivity contribution in [1.29, 1.82) is 0 Å². The Labute approximate surface area is 134 Å². The number of hydrogen-bond donors (Lipinski definition) is 3. The highest BCUT2D eigenvalue weighted by atomic mass is 16.6. The number of carbonyl (C=O) groups excluding carboxylic acids is 1. The number of rotatable bonds is 5. The molecule has 0 heterocycles. The summed E-state index contributed by atoms with van der Waals surface area (Å²) in [5, 5.41) is 31.3. The van der Waals surface area contributed by atoms with E-state index in [1.165, 1.54) is 30.3 Å². The van der Waals surface area contributed by atoms with Gasteiger partial charge in [-0.15, -0.1) is 0 Å². The number of benzene rings is 2. The molecule has 9 heteroatoms. The third kappa shape index (κ3) is 3.35. The summed E-state index contributed by atoms with van der Waals surface area (Å²) in [5.41, 5.74) is -1.58. The van der Waals surface area contributed by atoms with Crippen molar-refractivity contribution >= 4 is 29.2 Å². The van der Waals surface area contributed by atoms with E-state index < -0.39 is 39.6 Å². The van der Waals surface area contributed by atoms with Crippen molar-refractivity contribution in [3.05, 3.63) is 69.3 Å². The zero-order valence-corrected chi connectivity index (χ0v) is 11.9. The quantitative estimate of drug-likeness (QED) is 0.562. The summed E-state index contributed by atoms with van der Waals surface area (Å²) in [6, 6.07) is 8.31. The van der Waals surface area contributed by atoms with Crippen molar-refractivity contribution in [2.75, 3.05) is 5.32 Å². The number of nitrogens with zero attached hydrogens (tertiary/aromatic N) is 1. The van der Waals surface area contributed by atoms with E-state index in [1.54, 1.807) is 0 Å². The Kier molecular flexibility index (Phi) is 4.55. The highest BCUT2D eigenvalue weighted by Crippen LogP contribution is 2.24. The molecule has 0 spiro atoms. The van der Waals surface area contributed by atoms with Gasteiger partial charge in [-0.1, -0.05) is 6.07 Å². The van der Waals surface area contributed by atoms with Crippen LogP contribution in [0.1, 0.15) is 31.1 Å². The Morgan fingerprint density at radius 2 is 1.58 bits per heavy atom. The molecule has 24 heavy (non-hydrogen) atoms. The molecule has 2 rings (SSSR count). The molecule has 9 nitrogen and oxygen atoms in total. The monoisotopic (exact) mass is 330 g/mol. The maximum Gasteiger partial charge on any atom is 0.336 e. The molecule has 0 saturated heterocycles. The van der Waals surface area contributed by atoms with Gasteiger partial charge in [0.1, 0.15) is 5.56 Å². The zero-order valence-electron chi connectivity index (χ0n) is 11.9. The van der Waals surface area contributed by atoms with Gasteiger partial charge in [0, 0.05) is 11.8 Å². The molecule has 2 aromatic rings. The number of carboxylic acids is 2. The lowest BCUT2D eigenvalue weighted by Gasteiger charge is -2.08. The van der Waals surface area contributed by atoms with Crippen LogP contribution in [-0.2, 0) is 0 Å². The number of nitro groups is 1. The van der Waals surface area contributed by atoms with Crippen LogP contribution in [0.3, 0.4) is 0 Å². The van der Waals surface area contributed by atoms with Crippen molar-refractivity contribution in [3.8, 4) is 0 Å². The fourth-order valence-electron chi connectivity index (χ4n) is 2.00. The number of amides is 1. The number of nitro benzene ring substituents is 1. The van der Waals surface area contributed by atoms with Gasteiger partial charge in [0.2, 0.25) is 0 Å². The fraction of sp³-hybridized carbons (Fsp3) is 0. The summed E-state index contributed by atoms with van der Waals surface area (Å²) in [6.07, 6.45) is 0. The largest absolute Gasteiger partial charge is 0.478 e. The van der Waals surface area contributed by atoms with Crippen LogP contribution in [0.5, 0.6) is 0 Å². The second-order valence-electron chi connectivity index (χ2n) is 4.60. The first-order valence-corrected chi connectivity index (χ1v) is 6.46. The summed E-state index contributed by atoms with van der Waals surface area (Å²) in [6.45, 7) is 0. The number of nitrogens with one attached hydrogen (secondary N) is 1. The first kappa shape index (κ1) is 16.6. The molecule has 0 atom stereocenters. The van der Waals surface area contributed by atoms with Crippen LogP contribution in [-0.4, -0.2) is 33.0 Å². The Hall–Kier alpha value is -3.75. The summed E-state index contributed by atoms with van der Waals surface area (Å²) in [4.78, 5) is 44.4. The molecular formula is C15H10N2O7. The Morgan fingerprint density at radius 1 is 0.958 bits per heavy atom. The minimum absolute atomic E-state index is 0.00934. The van der Waals surface area contributed by atoms with Gasteiger partial charge in [0.15, 0.2) is 0 Å². The zero-order chi connectivity index (χ0) is 17.9. The molecule has 0 fully saturated rings. The van der Waals surface area contributed by atoms with Gasteiger partial charge in [0.25, 0.3) is 11.6 Å². The lowest BCUT2D eigenvalue weighted by molar-refractivity contribution is -0.385. The van der Waals surface area contributed by atoms with Crippen LogP contribution >= 0.6 is 0 Å². The second kappa shape index (κ2) is 6.57. The predicted octanol–water partition coefficient (Wildman–Crippen LogP) is 2.24. The first-order chi connectivity index (χ1) is 11.3. The molecule has 122 valence electrons. The topological polar surface area (TPSA) is 147 Å². The average Bonchev–Trinajstić information content (AvgIpc) is 2.54. The molecule has 0 radical (unpaired) electrons. The van der Waals surface area contributed by atoms with Crippen molar-refractivity contribution < 1.29 is 29.5 Å². The first-order valence-electron chi connectivity index (χ1n) is 6.46. The molecule has 0 saturated carbocycles. The van der Waals surface area contributed by atoms with E-state index in [2.05, 4.69) is 5.32 Å². The van der Waals surface area contributed by atoms with Crippen LogP contribution in [0.25, 0.3) is 0 Å². The average molecular weight is 330 g/mol. The van der Waals surface area contributed by atoms with E-state index in [4.69, 9.17) is 10.2 Å². The van der Waals surface area contributed by atoms with Gasteiger partial charge in [-0.2, -0.15) is 0 Å². The Morgan fingerprint density at radius 3 is 2.08 bits per heavy atom. The molecule has 0 unspecified atom stereocenters. The normalized spacial score (nSPS) is 10.0. The number of carbonyl (C=O) groups is 3. The van der Waals surface area contributed by atoms with Crippen LogP contribution in [0.4, 0.5) is 11.4 Å². The standard InChI is InChI=1S/C15H10N2O7/c18-13(16-9-6-4-8(5-7-9)14(19)20)12-10(15(21)22)2-1-3-11(12)17(23)24/h1-7H,(H,16,18)(H,19,20)(H,21,22). The van der Waals surface area contributed by atoms with E-state index in [0.717, 1.165) is 12.1 Å². The summed E-state index contributed by atoms with van der Waals surface area (Å²) >= 11 is 0. The van der Waals surface area contributed by atoms with Crippen LogP contribution in [0.15, 0.2) is 42.5 Å². The molecule has 0 aliphatic carbocycles. The van der Waals surface area contributed by atoms with E-state index >= 15 is 0 Å². The Balaban J connectivity index is 2.40. The molecular weight excluding hydrogens is 320 g/mol. The summed E-state index contributed by atoms with van der Waals surface area (Å²) < 4.78 is 0. The molecule has 2 aromatic carbocycles. The third-order valence-corrected chi connectivity index (χ3v) is 3.09. The lowest BCUT2D eigenvalue weighted by Crippen LogP contribution is -2.18. The third-order valence-electron chi connectivity index (χ3n) is 3.09. The number of carboxylic acid groups (broad SMARTS) is 2. The summed E-state index contributed by atoms with van der Waals surface area (Å²) in [7, 11) is 0. The SMILES string of the molecule is O=C(O)c1ccc(NC(=O)c2c(C(=O)O)cccc2[N+](=O)[O-])cc1. The van der Waals surface area contributed by atoms with Gasteiger partial charge in [-0.05, 0) is 30.3 Å². The second-order valence-corrected chi connectivity index (χ2v) is 4.60. The summed E-state index contributed by atoms with van der Waals surface area (Å²) in [5.74, 6) is -3.62. The minimum Gasteiger partial charge on any atom is -0.478 e. The van der Waals surface area contributed by atoms with E-state index in [-0.39, 0.29) is 11.3 Å². The van der Waals surface area contributed by atoms with E-state index in [0.29, 0.717) is 0 Å². The van der Waals surface area contributed by atoms with Gasteiger partial charge < -0.3 is 15.5 Å². The molecule has 0 aliphatic rings. The highest BCUT2D eigenvalue weighted by Gasteiger charge is 2.27. The van der Waals surface area contributed by atoms with Crippen LogP contribution in [0.2, 0.25) is 0 Å². The van der Waals surface area contributed by atoms with Crippen molar-refractivity contribution in [2.24, 2.45) is 0 Å². The van der Waals surface area contributed by atoms with E-state index in [9.17, 15) is 24.5 Å². The smallest absolute Gasteiger partial charge is 0.336 e.